The summed E-state index contributed by atoms with van der Waals surface area (Å²) >= 11 is 3.31. The van der Waals surface area contributed by atoms with Gasteiger partial charge in [0.25, 0.3) is 0 Å². The molecule has 1 N–H and O–H groups in total. The maximum absolute atomic E-state index is 9.56. The number of para-hydroxylation sites is 1. The molecule has 0 fully saturated rings. The Kier molecular flexibility index (Phi) is 4.09. The van der Waals surface area contributed by atoms with Crippen LogP contribution in [0.2, 0.25) is 0 Å². The van der Waals surface area contributed by atoms with Crippen LogP contribution in [0.1, 0.15) is 12.0 Å². The zero-order valence-corrected chi connectivity index (χ0v) is 9.17. The molecule has 0 aromatic heterocycles. The average Bonchev–Trinajstić information content (AvgIpc) is 2.13. The summed E-state index contributed by atoms with van der Waals surface area (Å²) < 4.78 is 5.38. The quantitative estimate of drug-likeness (QED) is 0.652. The highest BCUT2D eigenvalue weighted by molar-refractivity contribution is 9.09. The number of halogens is 1. The van der Waals surface area contributed by atoms with Crippen molar-refractivity contribution in [2.24, 2.45) is 0 Å². The predicted octanol–water partition coefficient (Wildman–Crippen LogP) is 2.86. The lowest BCUT2D eigenvalue weighted by molar-refractivity contribution is 0.300. The lowest BCUT2D eigenvalue weighted by Gasteiger charge is -2.08. The van der Waals surface area contributed by atoms with Crippen molar-refractivity contribution < 1.29 is 9.84 Å². The van der Waals surface area contributed by atoms with E-state index in [4.69, 9.17) is 4.74 Å². The number of aryl methyl sites for hydroxylation is 1. The summed E-state index contributed by atoms with van der Waals surface area (Å²) in [5, 5.41) is 10.5. The molecule has 0 radical (unpaired) electrons. The molecule has 13 heavy (non-hydrogen) atoms. The molecule has 3 heteroatoms. The monoisotopic (exact) mass is 244 g/mol. The van der Waals surface area contributed by atoms with Crippen molar-refractivity contribution in [3.05, 3.63) is 23.8 Å². The van der Waals surface area contributed by atoms with Gasteiger partial charge in [-0.2, -0.15) is 0 Å². The second-order valence-electron chi connectivity index (χ2n) is 2.81. The van der Waals surface area contributed by atoms with Gasteiger partial charge in [0.2, 0.25) is 0 Å². The minimum atomic E-state index is 0.247. The van der Waals surface area contributed by atoms with Gasteiger partial charge in [-0.05, 0) is 25.0 Å². The summed E-state index contributed by atoms with van der Waals surface area (Å²) in [6, 6.07) is 5.50. The zero-order valence-electron chi connectivity index (χ0n) is 7.59. The van der Waals surface area contributed by atoms with Crippen LogP contribution in [0.5, 0.6) is 11.5 Å². The summed E-state index contributed by atoms with van der Waals surface area (Å²) in [5.41, 5.74) is 0.844. The molecule has 0 amide bonds. The maximum atomic E-state index is 9.56. The Hall–Kier alpha value is -0.700. The average molecular weight is 245 g/mol. The Labute approximate surface area is 86.7 Å². The van der Waals surface area contributed by atoms with Gasteiger partial charge in [0, 0.05) is 5.33 Å². The van der Waals surface area contributed by atoms with Crippen LogP contribution in [0.4, 0.5) is 0 Å². The van der Waals surface area contributed by atoms with Crippen LogP contribution < -0.4 is 4.74 Å². The third kappa shape index (κ3) is 2.92. The molecule has 1 rings (SSSR count). The van der Waals surface area contributed by atoms with Crippen LogP contribution >= 0.6 is 15.9 Å². The Morgan fingerprint density at radius 1 is 1.46 bits per heavy atom. The van der Waals surface area contributed by atoms with Crippen molar-refractivity contribution in [2.75, 3.05) is 11.9 Å². The van der Waals surface area contributed by atoms with Gasteiger partial charge >= 0.3 is 0 Å². The standard InChI is InChI=1S/C10H13BrO2/c1-8-4-2-5-9(10(8)12)13-7-3-6-11/h2,4-5,12H,3,6-7H2,1H3. The van der Waals surface area contributed by atoms with E-state index in [0.29, 0.717) is 12.4 Å². The molecule has 0 saturated heterocycles. The highest BCUT2D eigenvalue weighted by Gasteiger charge is 2.03. The van der Waals surface area contributed by atoms with Gasteiger partial charge in [0.15, 0.2) is 11.5 Å². The third-order valence-corrected chi connectivity index (χ3v) is 2.30. The molecule has 0 aliphatic heterocycles. The molecule has 0 saturated carbocycles. The minimum Gasteiger partial charge on any atom is -0.504 e. The number of benzene rings is 1. The summed E-state index contributed by atoms with van der Waals surface area (Å²) in [7, 11) is 0. The smallest absolute Gasteiger partial charge is 0.161 e. The van der Waals surface area contributed by atoms with Gasteiger partial charge in [-0.25, -0.2) is 0 Å². The first-order valence-corrected chi connectivity index (χ1v) is 5.35. The first kappa shape index (κ1) is 10.4. The topological polar surface area (TPSA) is 29.5 Å². The molecule has 72 valence electrons. The number of alkyl halides is 1. The highest BCUT2D eigenvalue weighted by Crippen LogP contribution is 2.28. The van der Waals surface area contributed by atoms with Crippen molar-refractivity contribution in [1.82, 2.24) is 0 Å². The lowest BCUT2D eigenvalue weighted by atomic mass is 10.2. The van der Waals surface area contributed by atoms with Crippen molar-refractivity contribution in [3.8, 4) is 11.5 Å². The van der Waals surface area contributed by atoms with E-state index in [2.05, 4.69) is 15.9 Å². The van der Waals surface area contributed by atoms with Crippen molar-refractivity contribution in [2.45, 2.75) is 13.3 Å². The molecule has 0 atom stereocenters. The van der Waals surface area contributed by atoms with E-state index in [0.717, 1.165) is 17.3 Å². The molecule has 0 aliphatic carbocycles. The van der Waals surface area contributed by atoms with E-state index >= 15 is 0 Å². The molecule has 0 unspecified atom stereocenters. The number of phenols is 1. The van der Waals surface area contributed by atoms with E-state index in [1.807, 2.05) is 19.1 Å². The zero-order chi connectivity index (χ0) is 9.68. The molecule has 1 aromatic carbocycles. The molecule has 0 bridgehead atoms. The SMILES string of the molecule is Cc1cccc(OCCCBr)c1O. The highest BCUT2D eigenvalue weighted by atomic mass is 79.9. The van der Waals surface area contributed by atoms with Crippen molar-refractivity contribution in [1.29, 1.82) is 0 Å². The van der Waals surface area contributed by atoms with Gasteiger partial charge in [-0.3, -0.25) is 0 Å². The van der Waals surface area contributed by atoms with Crippen LogP contribution in [-0.4, -0.2) is 17.0 Å². The van der Waals surface area contributed by atoms with Gasteiger partial charge < -0.3 is 9.84 Å². The fourth-order valence-electron chi connectivity index (χ4n) is 0.985. The predicted molar refractivity (Wildman–Crippen MR) is 56.7 cm³/mol. The lowest BCUT2D eigenvalue weighted by Crippen LogP contribution is -1.98. The van der Waals surface area contributed by atoms with Crippen molar-refractivity contribution in [3.63, 3.8) is 0 Å². The first-order chi connectivity index (χ1) is 6.25. The number of hydrogen-bond donors (Lipinski definition) is 1. The number of aromatic hydroxyl groups is 1. The molecule has 1 aromatic rings. The van der Waals surface area contributed by atoms with E-state index in [1.54, 1.807) is 6.07 Å². The minimum absolute atomic E-state index is 0.247. The van der Waals surface area contributed by atoms with E-state index in [-0.39, 0.29) is 5.75 Å². The normalized spacial score (nSPS) is 10.0. The Balaban J connectivity index is 2.61. The molecular formula is C10H13BrO2. The number of ether oxygens (including phenoxy) is 1. The first-order valence-electron chi connectivity index (χ1n) is 4.23. The maximum Gasteiger partial charge on any atom is 0.161 e. The van der Waals surface area contributed by atoms with Crippen LogP contribution in [0.3, 0.4) is 0 Å². The summed E-state index contributed by atoms with van der Waals surface area (Å²) in [5.74, 6) is 0.818. The second-order valence-corrected chi connectivity index (χ2v) is 3.61. The molecule has 0 aliphatic rings. The van der Waals surface area contributed by atoms with Gasteiger partial charge in [0.05, 0.1) is 6.61 Å². The van der Waals surface area contributed by atoms with Crippen LogP contribution in [0.15, 0.2) is 18.2 Å². The number of rotatable bonds is 4. The summed E-state index contributed by atoms with van der Waals surface area (Å²) in [6.45, 7) is 2.48. The molecular weight excluding hydrogens is 232 g/mol. The fraction of sp³-hybridized carbons (Fsp3) is 0.400. The Morgan fingerprint density at radius 3 is 2.92 bits per heavy atom. The Bertz CT molecular complexity index is 274. The fourth-order valence-corrected chi connectivity index (χ4v) is 1.21. The van der Waals surface area contributed by atoms with E-state index in [1.165, 1.54) is 0 Å². The van der Waals surface area contributed by atoms with Crippen LogP contribution in [0, 0.1) is 6.92 Å². The van der Waals surface area contributed by atoms with Crippen LogP contribution in [0.25, 0.3) is 0 Å². The number of phenolic OH excluding ortho intramolecular Hbond substituents is 1. The summed E-state index contributed by atoms with van der Waals surface area (Å²) in [6.07, 6.45) is 0.938. The molecule has 0 spiro atoms. The Morgan fingerprint density at radius 2 is 2.23 bits per heavy atom. The van der Waals surface area contributed by atoms with Gasteiger partial charge in [-0.15, -0.1) is 0 Å². The number of hydrogen-bond acceptors (Lipinski definition) is 2. The second kappa shape index (κ2) is 5.12. The van der Waals surface area contributed by atoms with Crippen molar-refractivity contribution >= 4 is 15.9 Å². The van der Waals surface area contributed by atoms with Crippen LogP contribution in [-0.2, 0) is 0 Å². The third-order valence-electron chi connectivity index (χ3n) is 1.74. The van der Waals surface area contributed by atoms with Gasteiger partial charge in [0.1, 0.15) is 0 Å². The van der Waals surface area contributed by atoms with E-state index < -0.39 is 0 Å². The van der Waals surface area contributed by atoms with E-state index in [9.17, 15) is 5.11 Å². The summed E-state index contributed by atoms with van der Waals surface area (Å²) in [4.78, 5) is 0. The molecule has 0 heterocycles. The molecule has 2 nitrogen and oxygen atoms in total. The van der Waals surface area contributed by atoms with Gasteiger partial charge in [-0.1, -0.05) is 28.1 Å². The largest absolute Gasteiger partial charge is 0.504 e.